The Morgan fingerprint density at radius 2 is 2.10 bits per heavy atom. The van der Waals surface area contributed by atoms with Crippen LogP contribution in [0, 0.1) is 0 Å². The van der Waals surface area contributed by atoms with E-state index in [1.807, 2.05) is 0 Å². The highest BCUT2D eigenvalue weighted by Crippen LogP contribution is 2.28. The van der Waals surface area contributed by atoms with Gasteiger partial charge in [-0.25, -0.2) is 4.98 Å². The first kappa shape index (κ1) is 14.3. The molecule has 0 spiro atoms. The monoisotopic (exact) mass is 283 g/mol. The van der Waals surface area contributed by atoms with Gasteiger partial charge in [-0.05, 0) is 37.0 Å². The number of rotatable bonds is 3. The molecule has 1 saturated heterocycles. The first-order valence-electron chi connectivity index (χ1n) is 8.19. The zero-order valence-corrected chi connectivity index (χ0v) is 12.9. The smallest absolute Gasteiger partial charge is 0.129 e. The minimum atomic E-state index is 0.570. The van der Waals surface area contributed by atoms with Crippen LogP contribution < -0.4 is 10.6 Å². The number of hydrogen-bond donors (Lipinski definition) is 1. The maximum absolute atomic E-state index is 5.97. The molecule has 1 aromatic carbocycles. The molecule has 1 atom stereocenters. The van der Waals surface area contributed by atoms with Crippen molar-refractivity contribution in [1.29, 1.82) is 0 Å². The molecule has 3 nitrogen and oxygen atoms in total. The van der Waals surface area contributed by atoms with Crippen LogP contribution in [0.15, 0.2) is 30.3 Å². The zero-order valence-electron chi connectivity index (χ0n) is 12.9. The van der Waals surface area contributed by atoms with Gasteiger partial charge in [0.1, 0.15) is 5.82 Å². The second-order valence-electron chi connectivity index (χ2n) is 5.97. The number of nitrogens with two attached hydrogens (primary N) is 1. The minimum absolute atomic E-state index is 0.570. The van der Waals surface area contributed by atoms with Crippen LogP contribution in [0.2, 0.25) is 0 Å². The van der Waals surface area contributed by atoms with E-state index in [2.05, 4.69) is 42.2 Å². The van der Waals surface area contributed by atoms with Crippen molar-refractivity contribution in [3.8, 4) is 0 Å². The van der Waals surface area contributed by atoms with Crippen molar-refractivity contribution in [3.05, 3.63) is 35.9 Å². The summed E-state index contributed by atoms with van der Waals surface area (Å²) in [6, 6.07) is 11.1. The minimum Gasteiger partial charge on any atom is -0.354 e. The van der Waals surface area contributed by atoms with E-state index in [4.69, 9.17) is 10.7 Å². The molecule has 0 saturated carbocycles. The van der Waals surface area contributed by atoms with Crippen LogP contribution in [0.1, 0.15) is 44.6 Å². The molecule has 0 bridgehead atoms. The molecule has 2 heterocycles. The third-order valence-corrected chi connectivity index (χ3v) is 4.65. The van der Waals surface area contributed by atoms with Gasteiger partial charge >= 0.3 is 0 Å². The molecule has 3 heteroatoms. The molecule has 1 aliphatic rings. The molecule has 1 unspecified atom stereocenters. The van der Waals surface area contributed by atoms with Crippen LogP contribution in [0.4, 0.5) is 5.82 Å². The third-order valence-electron chi connectivity index (χ3n) is 4.65. The van der Waals surface area contributed by atoms with E-state index in [0.717, 1.165) is 17.9 Å². The Morgan fingerprint density at radius 1 is 1.24 bits per heavy atom. The molecule has 0 amide bonds. The lowest BCUT2D eigenvalue weighted by atomic mass is 10.1. The Morgan fingerprint density at radius 3 is 2.90 bits per heavy atom. The lowest BCUT2D eigenvalue weighted by Crippen LogP contribution is -2.35. The van der Waals surface area contributed by atoms with Gasteiger partial charge in [-0.15, -0.1) is 0 Å². The van der Waals surface area contributed by atoms with Gasteiger partial charge in [0, 0.05) is 24.5 Å². The van der Waals surface area contributed by atoms with Crippen molar-refractivity contribution in [3.63, 3.8) is 0 Å². The van der Waals surface area contributed by atoms with E-state index >= 15 is 0 Å². The Labute approximate surface area is 127 Å². The molecule has 21 heavy (non-hydrogen) atoms. The van der Waals surface area contributed by atoms with Gasteiger partial charge in [0.25, 0.3) is 0 Å². The Balaban J connectivity index is 2.05. The van der Waals surface area contributed by atoms with E-state index < -0.39 is 0 Å². The van der Waals surface area contributed by atoms with Crippen molar-refractivity contribution >= 4 is 16.7 Å². The maximum Gasteiger partial charge on any atom is 0.129 e. The molecule has 0 aliphatic carbocycles. The van der Waals surface area contributed by atoms with Crippen LogP contribution in [0.3, 0.4) is 0 Å². The lowest BCUT2D eigenvalue weighted by Gasteiger charge is -2.31. The summed E-state index contributed by atoms with van der Waals surface area (Å²) >= 11 is 0. The number of hydrogen-bond acceptors (Lipinski definition) is 3. The molecule has 2 aromatic rings. The van der Waals surface area contributed by atoms with Gasteiger partial charge in [-0.3, -0.25) is 0 Å². The van der Waals surface area contributed by atoms with Crippen LogP contribution in [0.5, 0.6) is 0 Å². The maximum atomic E-state index is 5.97. The molecule has 1 aromatic heterocycles. The summed E-state index contributed by atoms with van der Waals surface area (Å²) in [4.78, 5) is 7.43. The quantitative estimate of drug-likeness (QED) is 0.930. The van der Waals surface area contributed by atoms with E-state index in [1.165, 1.54) is 43.1 Å². The summed E-state index contributed by atoms with van der Waals surface area (Å²) in [5, 5.41) is 1.19. The first-order valence-corrected chi connectivity index (χ1v) is 8.19. The van der Waals surface area contributed by atoms with Crippen molar-refractivity contribution in [2.45, 2.75) is 51.6 Å². The summed E-state index contributed by atoms with van der Waals surface area (Å²) in [7, 11) is 0. The molecule has 1 aliphatic heterocycles. The Hall–Kier alpha value is -1.61. The van der Waals surface area contributed by atoms with Crippen LogP contribution in [0.25, 0.3) is 10.9 Å². The summed E-state index contributed by atoms with van der Waals surface area (Å²) in [5.74, 6) is 1.11. The lowest BCUT2D eigenvalue weighted by molar-refractivity contribution is 0.552. The normalized spacial score (nSPS) is 19.7. The molecule has 3 rings (SSSR count). The van der Waals surface area contributed by atoms with Crippen LogP contribution in [-0.2, 0) is 6.54 Å². The van der Waals surface area contributed by atoms with Crippen LogP contribution >= 0.6 is 0 Å². The predicted octanol–water partition coefficient (Wildman–Crippen LogP) is 3.85. The van der Waals surface area contributed by atoms with Crippen LogP contribution in [-0.4, -0.2) is 17.6 Å². The number of benzene rings is 1. The summed E-state index contributed by atoms with van der Waals surface area (Å²) < 4.78 is 0. The number of pyridine rings is 1. The molecular weight excluding hydrogens is 258 g/mol. The van der Waals surface area contributed by atoms with Crippen molar-refractivity contribution < 1.29 is 0 Å². The van der Waals surface area contributed by atoms with Gasteiger partial charge in [0.15, 0.2) is 0 Å². The summed E-state index contributed by atoms with van der Waals surface area (Å²) in [5.41, 5.74) is 8.23. The summed E-state index contributed by atoms with van der Waals surface area (Å²) in [6.07, 6.45) is 6.41. The highest BCUT2D eigenvalue weighted by Gasteiger charge is 2.21. The standard InChI is InChI=1S/C18H25N3/c1-2-15-8-4-3-7-11-21(15)18-12-14(13-19)16-9-5-6-10-17(16)20-18/h5-6,9-10,12,15H,2-4,7-8,11,13,19H2,1H3. The van der Waals surface area contributed by atoms with E-state index in [9.17, 15) is 0 Å². The second-order valence-corrected chi connectivity index (χ2v) is 5.97. The molecular formula is C18H25N3. The molecule has 2 N–H and O–H groups in total. The molecule has 1 fully saturated rings. The Bertz CT molecular complexity index is 608. The van der Waals surface area contributed by atoms with Gasteiger partial charge < -0.3 is 10.6 Å². The highest BCUT2D eigenvalue weighted by molar-refractivity contribution is 5.84. The van der Waals surface area contributed by atoms with Gasteiger partial charge in [-0.1, -0.05) is 38.0 Å². The number of aromatic nitrogens is 1. The fraction of sp³-hybridized carbons (Fsp3) is 0.500. The Kier molecular flexibility index (Phi) is 4.39. The average Bonchev–Trinajstić information content (AvgIpc) is 2.79. The zero-order chi connectivity index (χ0) is 14.7. The van der Waals surface area contributed by atoms with Gasteiger partial charge in [0.2, 0.25) is 0 Å². The predicted molar refractivity (Wildman–Crippen MR) is 89.5 cm³/mol. The van der Waals surface area contributed by atoms with Gasteiger partial charge in [-0.2, -0.15) is 0 Å². The number of para-hydroxylation sites is 1. The fourth-order valence-corrected chi connectivity index (χ4v) is 3.45. The number of fused-ring (bicyclic) bond motifs is 1. The van der Waals surface area contributed by atoms with Crippen molar-refractivity contribution in [2.24, 2.45) is 5.73 Å². The average molecular weight is 283 g/mol. The second kappa shape index (κ2) is 6.44. The fourth-order valence-electron chi connectivity index (χ4n) is 3.45. The molecule has 112 valence electrons. The SMILES string of the molecule is CCC1CCCCCN1c1cc(CN)c2ccccc2n1. The first-order chi connectivity index (χ1) is 10.3. The topological polar surface area (TPSA) is 42.1 Å². The third kappa shape index (κ3) is 2.88. The van der Waals surface area contributed by atoms with Crippen molar-refractivity contribution in [2.75, 3.05) is 11.4 Å². The molecule has 0 radical (unpaired) electrons. The van der Waals surface area contributed by atoms with E-state index in [-0.39, 0.29) is 0 Å². The van der Waals surface area contributed by atoms with Gasteiger partial charge in [0.05, 0.1) is 5.52 Å². The highest BCUT2D eigenvalue weighted by atomic mass is 15.2. The number of anilines is 1. The number of nitrogens with zero attached hydrogens (tertiary/aromatic N) is 2. The van der Waals surface area contributed by atoms with E-state index in [0.29, 0.717) is 12.6 Å². The van der Waals surface area contributed by atoms with E-state index in [1.54, 1.807) is 0 Å². The largest absolute Gasteiger partial charge is 0.354 e. The van der Waals surface area contributed by atoms with Crippen molar-refractivity contribution in [1.82, 2.24) is 4.98 Å². The summed E-state index contributed by atoms with van der Waals surface area (Å²) in [6.45, 7) is 3.97.